The van der Waals surface area contributed by atoms with E-state index in [1.165, 1.54) is 6.26 Å². The van der Waals surface area contributed by atoms with Crippen LogP contribution in [-0.4, -0.2) is 23.3 Å². The van der Waals surface area contributed by atoms with Crippen LogP contribution in [0.25, 0.3) is 0 Å². The van der Waals surface area contributed by atoms with Crippen LogP contribution in [0.4, 0.5) is 0 Å². The van der Waals surface area contributed by atoms with E-state index in [9.17, 15) is 9.90 Å². The number of aliphatic hydroxyl groups is 1. The summed E-state index contributed by atoms with van der Waals surface area (Å²) in [6.45, 7) is 0.169. The summed E-state index contributed by atoms with van der Waals surface area (Å²) >= 11 is 1.64. The molecule has 0 aliphatic rings. The van der Waals surface area contributed by atoms with Gasteiger partial charge in [0, 0.05) is 17.1 Å². The molecule has 0 spiro atoms. The summed E-state index contributed by atoms with van der Waals surface area (Å²) in [6.07, 6.45) is 1.12. The van der Waals surface area contributed by atoms with E-state index >= 15 is 0 Å². The van der Waals surface area contributed by atoms with Gasteiger partial charge < -0.3 is 14.8 Å². The number of furan rings is 1. The Morgan fingerprint density at radius 2 is 2.05 bits per heavy atom. The van der Waals surface area contributed by atoms with Crippen LogP contribution < -0.4 is 5.32 Å². The Kier molecular flexibility index (Phi) is 5.70. The fourth-order valence-corrected chi connectivity index (χ4v) is 2.53. The maximum absolute atomic E-state index is 11.6. The average molecular weight is 291 g/mol. The number of thioether (sulfide) groups is 1. The predicted octanol–water partition coefficient (Wildman–Crippen LogP) is 2.61. The molecule has 20 heavy (non-hydrogen) atoms. The Morgan fingerprint density at radius 3 is 2.75 bits per heavy atom. The molecule has 1 heterocycles. The third-order valence-corrected chi connectivity index (χ3v) is 3.72. The Morgan fingerprint density at radius 1 is 1.25 bits per heavy atom. The molecule has 0 bridgehead atoms. The van der Waals surface area contributed by atoms with Gasteiger partial charge in [0.25, 0.3) is 0 Å². The van der Waals surface area contributed by atoms with E-state index in [1.54, 1.807) is 23.9 Å². The zero-order valence-electron chi connectivity index (χ0n) is 11.0. The van der Waals surface area contributed by atoms with Crippen molar-refractivity contribution >= 4 is 17.7 Å². The van der Waals surface area contributed by atoms with Crippen molar-refractivity contribution in [3.05, 3.63) is 54.5 Å². The molecular formula is C15H17NO3S. The summed E-state index contributed by atoms with van der Waals surface area (Å²) in [5, 5.41) is 12.4. The highest BCUT2D eigenvalue weighted by atomic mass is 32.2. The lowest BCUT2D eigenvalue weighted by molar-refractivity contribution is -0.121. The summed E-state index contributed by atoms with van der Waals surface area (Å²) in [6, 6.07) is 13.3. The molecule has 2 rings (SSSR count). The molecule has 2 N–H and O–H groups in total. The molecule has 0 radical (unpaired) electrons. The second kappa shape index (κ2) is 7.77. The Labute approximate surface area is 122 Å². The van der Waals surface area contributed by atoms with Crippen LogP contribution in [0.3, 0.4) is 0 Å². The Bertz CT molecular complexity index is 513. The van der Waals surface area contributed by atoms with Gasteiger partial charge in [0.2, 0.25) is 5.91 Å². The number of carbonyl (C=O) groups excluding carboxylic acids is 1. The lowest BCUT2D eigenvalue weighted by atomic mass is 10.2. The SMILES string of the molecule is O=C(CCSc1ccccc1)NCC(O)c1ccco1. The predicted molar refractivity (Wildman–Crippen MR) is 78.5 cm³/mol. The van der Waals surface area contributed by atoms with Gasteiger partial charge in [-0.15, -0.1) is 11.8 Å². The van der Waals surface area contributed by atoms with E-state index in [0.29, 0.717) is 17.9 Å². The van der Waals surface area contributed by atoms with Crippen molar-refractivity contribution in [2.24, 2.45) is 0 Å². The largest absolute Gasteiger partial charge is 0.467 e. The van der Waals surface area contributed by atoms with Crippen LogP contribution in [0.5, 0.6) is 0 Å². The highest BCUT2D eigenvalue weighted by molar-refractivity contribution is 7.99. The van der Waals surface area contributed by atoms with Crippen LogP contribution in [0.2, 0.25) is 0 Å². The first-order chi connectivity index (χ1) is 9.75. The molecule has 106 valence electrons. The van der Waals surface area contributed by atoms with Crippen molar-refractivity contribution in [1.29, 1.82) is 0 Å². The molecule has 0 aliphatic heterocycles. The van der Waals surface area contributed by atoms with Gasteiger partial charge in [-0.05, 0) is 24.3 Å². The lowest BCUT2D eigenvalue weighted by Gasteiger charge is -2.09. The molecule has 1 aromatic carbocycles. The summed E-state index contributed by atoms with van der Waals surface area (Å²) in [5.41, 5.74) is 0. The number of aliphatic hydroxyl groups excluding tert-OH is 1. The van der Waals surface area contributed by atoms with Gasteiger partial charge in [-0.3, -0.25) is 4.79 Å². The molecule has 2 aromatic rings. The van der Waals surface area contributed by atoms with Crippen molar-refractivity contribution in [3.8, 4) is 0 Å². The third-order valence-electron chi connectivity index (χ3n) is 2.71. The van der Waals surface area contributed by atoms with Crippen LogP contribution >= 0.6 is 11.8 Å². The van der Waals surface area contributed by atoms with Gasteiger partial charge in [-0.2, -0.15) is 0 Å². The zero-order chi connectivity index (χ0) is 14.2. The lowest BCUT2D eigenvalue weighted by Crippen LogP contribution is -2.28. The van der Waals surface area contributed by atoms with Gasteiger partial charge in [-0.1, -0.05) is 18.2 Å². The summed E-state index contributed by atoms with van der Waals surface area (Å²) in [4.78, 5) is 12.8. The highest BCUT2D eigenvalue weighted by Gasteiger charge is 2.11. The van der Waals surface area contributed by atoms with Crippen LogP contribution in [-0.2, 0) is 4.79 Å². The number of rotatable bonds is 7. The van der Waals surface area contributed by atoms with Crippen LogP contribution in [0, 0.1) is 0 Å². The standard InChI is InChI=1S/C15H17NO3S/c17-13(14-7-4-9-19-14)11-16-15(18)8-10-20-12-5-2-1-3-6-12/h1-7,9,13,17H,8,10-11H2,(H,16,18). The van der Waals surface area contributed by atoms with Gasteiger partial charge in [0.1, 0.15) is 11.9 Å². The fourth-order valence-electron chi connectivity index (χ4n) is 1.66. The van der Waals surface area contributed by atoms with E-state index in [1.807, 2.05) is 30.3 Å². The minimum Gasteiger partial charge on any atom is -0.467 e. The Hall–Kier alpha value is -1.72. The molecule has 0 saturated heterocycles. The molecule has 4 nitrogen and oxygen atoms in total. The van der Waals surface area contributed by atoms with E-state index in [0.717, 1.165) is 4.90 Å². The third kappa shape index (κ3) is 4.75. The second-order valence-corrected chi connectivity index (χ2v) is 5.42. The van der Waals surface area contributed by atoms with Crippen molar-refractivity contribution in [3.63, 3.8) is 0 Å². The topological polar surface area (TPSA) is 62.5 Å². The smallest absolute Gasteiger partial charge is 0.220 e. The number of nitrogens with one attached hydrogen (secondary N) is 1. The highest BCUT2D eigenvalue weighted by Crippen LogP contribution is 2.17. The molecule has 0 aliphatic carbocycles. The molecule has 0 fully saturated rings. The molecule has 5 heteroatoms. The van der Waals surface area contributed by atoms with Crippen molar-refractivity contribution in [2.45, 2.75) is 17.4 Å². The van der Waals surface area contributed by atoms with Gasteiger partial charge in [0.05, 0.1) is 12.8 Å². The van der Waals surface area contributed by atoms with Gasteiger partial charge in [0.15, 0.2) is 0 Å². The van der Waals surface area contributed by atoms with Crippen molar-refractivity contribution in [2.75, 3.05) is 12.3 Å². The van der Waals surface area contributed by atoms with E-state index in [2.05, 4.69) is 5.32 Å². The molecule has 1 aromatic heterocycles. The van der Waals surface area contributed by atoms with Gasteiger partial charge >= 0.3 is 0 Å². The summed E-state index contributed by atoms with van der Waals surface area (Å²) in [5.74, 6) is 1.11. The first kappa shape index (κ1) is 14.7. The summed E-state index contributed by atoms with van der Waals surface area (Å²) in [7, 11) is 0. The number of hydrogen-bond donors (Lipinski definition) is 2. The average Bonchev–Trinajstić information content (AvgIpc) is 3.00. The molecule has 1 unspecified atom stereocenters. The molecule has 1 atom stereocenters. The minimum absolute atomic E-state index is 0.0703. The first-order valence-electron chi connectivity index (χ1n) is 6.42. The second-order valence-electron chi connectivity index (χ2n) is 4.25. The number of amides is 1. The van der Waals surface area contributed by atoms with Crippen molar-refractivity contribution in [1.82, 2.24) is 5.32 Å². The van der Waals surface area contributed by atoms with Crippen molar-refractivity contribution < 1.29 is 14.3 Å². The normalized spacial score (nSPS) is 12.1. The minimum atomic E-state index is -0.796. The number of benzene rings is 1. The van der Waals surface area contributed by atoms with E-state index in [-0.39, 0.29) is 12.5 Å². The van der Waals surface area contributed by atoms with Crippen LogP contribution in [0.1, 0.15) is 18.3 Å². The monoisotopic (exact) mass is 291 g/mol. The van der Waals surface area contributed by atoms with Gasteiger partial charge in [-0.25, -0.2) is 0 Å². The van der Waals surface area contributed by atoms with E-state index < -0.39 is 6.10 Å². The maximum atomic E-state index is 11.6. The molecular weight excluding hydrogens is 274 g/mol. The first-order valence-corrected chi connectivity index (χ1v) is 7.40. The Balaban J connectivity index is 1.63. The zero-order valence-corrected chi connectivity index (χ0v) is 11.8. The molecule has 1 amide bonds. The molecule has 0 saturated carbocycles. The van der Waals surface area contributed by atoms with E-state index in [4.69, 9.17) is 4.42 Å². The number of hydrogen-bond acceptors (Lipinski definition) is 4. The number of carbonyl (C=O) groups is 1. The van der Waals surface area contributed by atoms with Crippen LogP contribution in [0.15, 0.2) is 58.0 Å². The summed E-state index contributed by atoms with van der Waals surface area (Å²) < 4.78 is 5.06. The maximum Gasteiger partial charge on any atom is 0.220 e. The fraction of sp³-hybridized carbons (Fsp3) is 0.267. The quantitative estimate of drug-likeness (QED) is 0.770.